The fraction of sp³-hybridized carbons (Fsp3) is 0.737. The number of aryl methyl sites for hydroxylation is 2. The molecule has 1 aliphatic carbocycles. The molecule has 1 aliphatic rings. The van der Waals surface area contributed by atoms with Gasteiger partial charge in [-0.1, -0.05) is 0 Å². The van der Waals surface area contributed by atoms with E-state index in [1.807, 2.05) is 26.8 Å². The quantitative estimate of drug-likeness (QED) is 0.494. The number of rotatable bonds is 8. The Hall–Kier alpha value is -1.53. The molecule has 0 radical (unpaired) electrons. The number of aliphatic hydroxyl groups is 1. The summed E-state index contributed by atoms with van der Waals surface area (Å²) in [6.45, 7) is 9.51. The molecule has 6 heteroatoms. The summed E-state index contributed by atoms with van der Waals surface area (Å²) in [4.78, 5) is 6.89. The van der Waals surface area contributed by atoms with Crippen LogP contribution < -0.4 is 10.6 Å². The lowest BCUT2D eigenvalue weighted by Gasteiger charge is -2.26. The molecule has 6 nitrogen and oxygen atoms in total. The van der Waals surface area contributed by atoms with Crippen molar-refractivity contribution in [1.29, 1.82) is 0 Å². The van der Waals surface area contributed by atoms with Crippen molar-refractivity contribution >= 4 is 5.96 Å². The van der Waals surface area contributed by atoms with Crippen LogP contribution in [0.2, 0.25) is 0 Å². The first kappa shape index (κ1) is 19.8. The van der Waals surface area contributed by atoms with Crippen molar-refractivity contribution in [1.82, 2.24) is 15.5 Å². The summed E-state index contributed by atoms with van der Waals surface area (Å²) in [6, 6.07) is 2.41. The van der Waals surface area contributed by atoms with Crippen LogP contribution in [0.4, 0.5) is 0 Å². The molecule has 0 aliphatic heterocycles. The summed E-state index contributed by atoms with van der Waals surface area (Å²) in [7, 11) is 4.26. The van der Waals surface area contributed by atoms with Crippen molar-refractivity contribution in [2.45, 2.75) is 52.2 Å². The maximum absolute atomic E-state index is 10.8. The monoisotopic (exact) mass is 350 g/mol. The van der Waals surface area contributed by atoms with Crippen molar-refractivity contribution in [2.24, 2.45) is 10.9 Å². The molecule has 1 fully saturated rings. The number of nitrogens with one attached hydrogen (secondary N) is 2. The van der Waals surface area contributed by atoms with Gasteiger partial charge in [-0.3, -0.25) is 0 Å². The lowest BCUT2D eigenvalue weighted by atomic mass is 9.96. The highest BCUT2D eigenvalue weighted by Crippen LogP contribution is 2.34. The Kier molecular flexibility index (Phi) is 6.52. The van der Waals surface area contributed by atoms with Crippen molar-refractivity contribution in [3.8, 4) is 0 Å². The molecular weight excluding hydrogens is 316 g/mol. The van der Waals surface area contributed by atoms with E-state index in [4.69, 9.17) is 4.42 Å². The highest BCUT2D eigenvalue weighted by molar-refractivity contribution is 5.79. The number of likely N-dealkylation sites (N-methyl/N-ethyl adjacent to an activating group) is 1. The van der Waals surface area contributed by atoms with E-state index in [-0.39, 0.29) is 6.54 Å². The van der Waals surface area contributed by atoms with Crippen LogP contribution in [-0.4, -0.2) is 55.7 Å². The minimum atomic E-state index is -1.05. The third-order valence-corrected chi connectivity index (χ3v) is 4.82. The maximum atomic E-state index is 10.8. The number of furan rings is 1. The van der Waals surface area contributed by atoms with Gasteiger partial charge in [-0.05, 0) is 66.6 Å². The molecule has 0 aromatic carbocycles. The molecule has 1 aromatic rings. The standard InChI is InChI=1S/C19H34N4O2/c1-7-20-18(21-11-17(23(5)6)15-8-9-15)22-12-19(4,24)16-10-13(2)25-14(16)3/h10,15,17,24H,7-9,11-12H2,1-6H3,(H2,20,21,22). The Bertz CT molecular complexity index is 586. The summed E-state index contributed by atoms with van der Waals surface area (Å²) in [6.07, 6.45) is 2.62. The Morgan fingerprint density at radius 3 is 2.56 bits per heavy atom. The molecule has 3 N–H and O–H groups in total. The number of guanidine groups is 1. The van der Waals surface area contributed by atoms with Gasteiger partial charge in [0.15, 0.2) is 5.96 Å². The number of hydrogen-bond donors (Lipinski definition) is 3. The Morgan fingerprint density at radius 1 is 1.40 bits per heavy atom. The van der Waals surface area contributed by atoms with Gasteiger partial charge in [0.2, 0.25) is 0 Å². The Labute approximate surface area is 151 Å². The van der Waals surface area contributed by atoms with Gasteiger partial charge in [0.1, 0.15) is 17.1 Å². The van der Waals surface area contributed by atoms with E-state index in [0.717, 1.165) is 42.1 Å². The van der Waals surface area contributed by atoms with E-state index < -0.39 is 5.60 Å². The molecular formula is C19H34N4O2. The molecule has 25 heavy (non-hydrogen) atoms. The summed E-state index contributed by atoms with van der Waals surface area (Å²) in [5.41, 5.74) is -0.254. The Balaban J connectivity index is 2.01. The molecule has 2 atom stereocenters. The summed E-state index contributed by atoms with van der Waals surface area (Å²) in [5, 5.41) is 17.5. The van der Waals surface area contributed by atoms with E-state index in [9.17, 15) is 5.11 Å². The van der Waals surface area contributed by atoms with Crippen LogP contribution in [0.15, 0.2) is 15.5 Å². The first-order chi connectivity index (χ1) is 11.7. The summed E-state index contributed by atoms with van der Waals surface area (Å²) < 4.78 is 5.55. The molecule has 0 bridgehead atoms. The van der Waals surface area contributed by atoms with Gasteiger partial charge in [-0.15, -0.1) is 0 Å². The molecule has 0 amide bonds. The fourth-order valence-corrected chi connectivity index (χ4v) is 3.28. The summed E-state index contributed by atoms with van der Waals surface area (Å²) >= 11 is 0. The second-order valence-corrected chi connectivity index (χ2v) is 7.55. The molecule has 2 unspecified atom stereocenters. The third-order valence-electron chi connectivity index (χ3n) is 4.82. The molecule has 0 saturated heterocycles. The zero-order chi connectivity index (χ0) is 18.6. The van der Waals surface area contributed by atoms with Crippen LogP contribution >= 0.6 is 0 Å². The zero-order valence-electron chi connectivity index (χ0n) is 16.5. The van der Waals surface area contributed by atoms with Gasteiger partial charge >= 0.3 is 0 Å². The highest BCUT2D eigenvalue weighted by Gasteiger charge is 2.32. The van der Waals surface area contributed by atoms with Gasteiger partial charge < -0.3 is 25.1 Å². The van der Waals surface area contributed by atoms with Crippen molar-refractivity contribution in [2.75, 3.05) is 33.7 Å². The second kappa shape index (κ2) is 8.23. The van der Waals surface area contributed by atoms with Crippen molar-refractivity contribution < 1.29 is 9.52 Å². The molecule has 1 saturated carbocycles. The van der Waals surface area contributed by atoms with Crippen LogP contribution in [0.5, 0.6) is 0 Å². The number of hydrogen-bond acceptors (Lipinski definition) is 4. The molecule has 1 aromatic heterocycles. The van der Waals surface area contributed by atoms with Gasteiger partial charge in [0.25, 0.3) is 0 Å². The average Bonchev–Trinajstić information content (AvgIpc) is 3.28. The Morgan fingerprint density at radius 2 is 2.08 bits per heavy atom. The highest BCUT2D eigenvalue weighted by atomic mass is 16.3. The van der Waals surface area contributed by atoms with Gasteiger partial charge in [0, 0.05) is 24.7 Å². The minimum Gasteiger partial charge on any atom is -0.466 e. The molecule has 2 rings (SSSR count). The average molecular weight is 351 g/mol. The third kappa shape index (κ3) is 5.47. The van der Waals surface area contributed by atoms with Crippen molar-refractivity contribution in [3.63, 3.8) is 0 Å². The molecule has 0 spiro atoms. The van der Waals surface area contributed by atoms with Crippen LogP contribution in [0.3, 0.4) is 0 Å². The molecule has 142 valence electrons. The van der Waals surface area contributed by atoms with E-state index >= 15 is 0 Å². The largest absolute Gasteiger partial charge is 0.466 e. The van der Waals surface area contributed by atoms with Crippen molar-refractivity contribution in [3.05, 3.63) is 23.2 Å². The zero-order valence-corrected chi connectivity index (χ0v) is 16.5. The minimum absolute atomic E-state index is 0.276. The SMILES string of the molecule is CCNC(=NCC(C)(O)c1cc(C)oc1C)NCC(C1CC1)N(C)C. The predicted molar refractivity (Wildman–Crippen MR) is 102 cm³/mol. The topological polar surface area (TPSA) is 73.0 Å². The smallest absolute Gasteiger partial charge is 0.191 e. The number of nitrogens with zero attached hydrogens (tertiary/aromatic N) is 2. The lowest BCUT2D eigenvalue weighted by molar-refractivity contribution is 0.0657. The van der Waals surface area contributed by atoms with Crippen LogP contribution in [0, 0.1) is 19.8 Å². The lowest BCUT2D eigenvalue weighted by Crippen LogP contribution is -2.46. The van der Waals surface area contributed by atoms with Crippen LogP contribution in [0.25, 0.3) is 0 Å². The maximum Gasteiger partial charge on any atom is 0.191 e. The van der Waals surface area contributed by atoms with E-state index in [1.165, 1.54) is 12.8 Å². The van der Waals surface area contributed by atoms with Gasteiger partial charge in [0.05, 0.1) is 6.54 Å². The first-order valence-electron chi connectivity index (χ1n) is 9.23. The van der Waals surface area contributed by atoms with Gasteiger partial charge in [-0.2, -0.15) is 0 Å². The predicted octanol–water partition coefficient (Wildman–Crippen LogP) is 2.00. The van der Waals surface area contributed by atoms with Crippen LogP contribution in [0.1, 0.15) is 43.8 Å². The van der Waals surface area contributed by atoms with E-state index in [2.05, 4.69) is 34.6 Å². The summed E-state index contributed by atoms with van der Waals surface area (Å²) in [5.74, 6) is 3.08. The van der Waals surface area contributed by atoms with Crippen LogP contribution in [-0.2, 0) is 5.60 Å². The molecule has 1 heterocycles. The number of aliphatic imine (C=N–C) groups is 1. The first-order valence-corrected chi connectivity index (χ1v) is 9.23. The van der Waals surface area contributed by atoms with E-state index in [1.54, 1.807) is 6.92 Å². The fourth-order valence-electron chi connectivity index (χ4n) is 3.28. The van der Waals surface area contributed by atoms with Gasteiger partial charge in [-0.25, -0.2) is 4.99 Å². The second-order valence-electron chi connectivity index (χ2n) is 7.55. The normalized spacial score (nSPS) is 19.0. The van der Waals surface area contributed by atoms with E-state index in [0.29, 0.717) is 6.04 Å².